The van der Waals surface area contributed by atoms with Crippen LogP contribution in [0.3, 0.4) is 0 Å². The van der Waals surface area contributed by atoms with Crippen LogP contribution in [0.2, 0.25) is 0 Å². The maximum atomic E-state index is 13.2. The number of rotatable bonds is 7. The molecule has 2 N–H and O–H groups in total. The molecule has 0 saturated carbocycles. The Morgan fingerprint density at radius 1 is 1.06 bits per heavy atom. The zero-order valence-electron chi connectivity index (χ0n) is 9.54. The minimum absolute atomic E-state index is 0.0840. The summed E-state index contributed by atoms with van der Waals surface area (Å²) in [7, 11) is 1.57. The lowest BCUT2D eigenvalue weighted by Gasteiger charge is -2.08. The molecule has 0 saturated heterocycles. The van der Waals surface area contributed by atoms with E-state index in [9.17, 15) is 8.78 Å². The van der Waals surface area contributed by atoms with Gasteiger partial charge in [0.25, 0.3) is 0 Å². The van der Waals surface area contributed by atoms with Crippen molar-refractivity contribution in [1.29, 1.82) is 0 Å². The van der Waals surface area contributed by atoms with E-state index in [1.165, 1.54) is 0 Å². The third-order valence-electron chi connectivity index (χ3n) is 1.97. The van der Waals surface area contributed by atoms with Crippen LogP contribution in [0, 0.1) is 11.6 Å². The molecule has 1 aromatic carbocycles. The van der Waals surface area contributed by atoms with Crippen molar-refractivity contribution in [1.82, 2.24) is 0 Å². The van der Waals surface area contributed by atoms with Gasteiger partial charge in [0.05, 0.1) is 25.5 Å². The predicted octanol–water partition coefficient (Wildman–Crippen LogP) is 1.59. The Balaban J connectivity index is 2.34. The van der Waals surface area contributed by atoms with Crippen molar-refractivity contribution in [3.8, 4) is 5.75 Å². The Bertz CT molecular complexity index is 361. The van der Waals surface area contributed by atoms with Crippen LogP contribution in [0.25, 0.3) is 0 Å². The van der Waals surface area contributed by atoms with Gasteiger partial charge < -0.3 is 19.9 Å². The van der Waals surface area contributed by atoms with E-state index in [0.29, 0.717) is 25.9 Å². The molecule has 0 bridgehead atoms. The topological polar surface area (TPSA) is 53.7 Å². The number of hydrogen-bond donors (Lipinski definition) is 1. The summed E-state index contributed by atoms with van der Waals surface area (Å²) in [6.07, 6.45) is 0. The van der Waals surface area contributed by atoms with Gasteiger partial charge in [-0.3, -0.25) is 0 Å². The number of nitrogen functional groups attached to an aromatic ring is 1. The zero-order valence-corrected chi connectivity index (χ0v) is 9.54. The third-order valence-corrected chi connectivity index (χ3v) is 1.97. The summed E-state index contributed by atoms with van der Waals surface area (Å²) in [5.74, 6) is -1.67. The Hall–Kier alpha value is -1.40. The molecular formula is C11H15F2NO3. The van der Waals surface area contributed by atoms with E-state index in [1.807, 2.05) is 0 Å². The smallest absolute Gasteiger partial charge is 0.168 e. The minimum atomic E-state index is -0.800. The zero-order chi connectivity index (χ0) is 12.7. The molecule has 1 rings (SSSR count). The summed E-state index contributed by atoms with van der Waals surface area (Å²) in [5.41, 5.74) is 5.14. The van der Waals surface area contributed by atoms with Crippen LogP contribution in [-0.4, -0.2) is 33.5 Å². The molecule has 0 atom stereocenters. The molecule has 96 valence electrons. The standard InChI is InChI=1S/C11H15F2NO3/c1-15-2-3-16-4-5-17-11-7-10(14)8(12)6-9(11)13/h6-7H,2-5,14H2,1H3. The van der Waals surface area contributed by atoms with E-state index in [1.54, 1.807) is 7.11 Å². The van der Waals surface area contributed by atoms with Gasteiger partial charge in [0.2, 0.25) is 0 Å². The van der Waals surface area contributed by atoms with Crippen LogP contribution >= 0.6 is 0 Å². The molecule has 0 aliphatic rings. The van der Waals surface area contributed by atoms with E-state index in [0.717, 1.165) is 6.07 Å². The predicted molar refractivity (Wildman–Crippen MR) is 59.0 cm³/mol. The molecule has 0 unspecified atom stereocenters. The van der Waals surface area contributed by atoms with Gasteiger partial charge in [-0.1, -0.05) is 0 Å². The summed E-state index contributed by atoms with van der Waals surface area (Å²) in [6, 6.07) is 1.80. The second kappa shape index (κ2) is 7.03. The van der Waals surface area contributed by atoms with Gasteiger partial charge >= 0.3 is 0 Å². The highest BCUT2D eigenvalue weighted by atomic mass is 19.1. The molecule has 0 heterocycles. The van der Waals surface area contributed by atoms with Crippen LogP contribution in [0.15, 0.2) is 12.1 Å². The second-order valence-electron chi connectivity index (χ2n) is 3.26. The second-order valence-corrected chi connectivity index (χ2v) is 3.26. The summed E-state index contributed by atoms with van der Waals surface area (Å²) in [5, 5.41) is 0. The number of nitrogens with two attached hydrogens (primary N) is 1. The van der Waals surface area contributed by atoms with Crippen LogP contribution < -0.4 is 10.5 Å². The average Bonchev–Trinajstić information content (AvgIpc) is 2.30. The lowest BCUT2D eigenvalue weighted by atomic mass is 10.3. The van der Waals surface area contributed by atoms with Gasteiger partial charge in [-0.2, -0.15) is 0 Å². The lowest BCUT2D eigenvalue weighted by Crippen LogP contribution is -2.11. The van der Waals surface area contributed by atoms with Crippen molar-refractivity contribution in [2.24, 2.45) is 0 Å². The van der Waals surface area contributed by atoms with Gasteiger partial charge in [-0.25, -0.2) is 8.78 Å². The van der Waals surface area contributed by atoms with Gasteiger partial charge in [-0.05, 0) is 0 Å². The van der Waals surface area contributed by atoms with Crippen LogP contribution in [0.5, 0.6) is 5.75 Å². The number of hydrogen-bond acceptors (Lipinski definition) is 4. The number of ether oxygens (including phenoxy) is 3. The molecule has 17 heavy (non-hydrogen) atoms. The van der Waals surface area contributed by atoms with Crippen molar-refractivity contribution in [3.63, 3.8) is 0 Å². The molecule has 4 nitrogen and oxygen atoms in total. The monoisotopic (exact) mass is 247 g/mol. The first-order valence-electron chi connectivity index (χ1n) is 5.09. The number of anilines is 1. The molecule has 0 aliphatic heterocycles. The van der Waals surface area contributed by atoms with Crippen molar-refractivity contribution < 1.29 is 23.0 Å². The van der Waals surface area contributed by atoms with Crippen LogP contribution in [0.1, 0.15) is 0 Å². The fraction of sp³-hybridized carbons (Fsp3) is 0.455. The van der Waals surface area contributed by atoms with E-state index < -0.39 is 11.6 Å². The Kier molecular flexibility index (Phi) is 5.65. The summed E-state index contributed by atoms with van der Waals surface area (Å²) < 4.78 is 41.0. The number of benzene rings is 1. The van der Waals surface area contributed by atoms with E-state index >= 15 is 0 Å². The van der Waals surface area contributed by atoms with Gasteiger partial charge in [0, 0.05) is 19.2 Å². The first-order valence-corrected chi connectivity index (χ1v) is 5.09. The molecule has 1 aromatic rings. The van der Waals surface area contributed by atoms with Gasteiger partial charge in [-0.15, -0.1) is 0 Å². The Morgan fingerprint density at radius 3 is 2.47 bits per heavy atom. The van der Waals surface area contributed by atoms with Crippen molar-refractivity contribution in [2.45, 2.75) is 0 Å². The average molecular weight is 247 g/mol. The molecular weight excluding hydrogens is 232 g/mol. The largest absolute Gasteiger partial charge is 0.488 e. The molecule has 0 radical (unpaired) electrons. The van der Waals surface area contributed by atoms with Crippen molar-refractivity contribution in [3.05, 3.63) is 23.8 Å². The Morgan fingerprint density at radius 2 is 1.76 bits per heavy atom. The van der Waals surface area contributed by atoms with E-state index in [2.05, 4.69) is 0 Å². The van der Waals surface area contributed by atoms with E-state index in [-0.39, 0.29) is 18.0 Å². The molecule has 0 spiro atoms. The quantitative estimate of drug-likeness (QED) is 0.587. The molecule has 6 heteroatoms. The fourth-order valence-electron chi connectivity index (χ4n) is 1.11. The van der Waals surface area contributed by atoms with Crippen LogP contribution in [-0.2, 0) is 9.47 Å². The minimum Gasteiger partial charge on any atom is -0.488 e. The molecule has 0 aliphatic carbocycles. The fourth-order valence-corrected chi connectivity index (χ4v) is 1.11. The summed E-state index contributed by atoms with van der Waals surface area (Å²) >= 11 is 0. The van der Waals surface area contributed by atoms with E-state index in [4.69, 9.17) is 19.9 Å². The van der Waals surface area contributed by atoms with Crippen molar-refractivity contribution >= 4 is 5.69 Å². The van der Waals surface area contributed by atoms with Crippen LogP contribution in [0.4, 0.5) is 14.5 Å². The lowest BCUT2D eigenvalue weighted by molar-refractivity contribution is 0.0538. The first-order chi connectivity index (χ1) is 8.15. The van der Waals surface area contributed by atoms with Gasteiger partial charge in [0.15, 0.2) is 11.6 Å². The highest BCUT2D eigenvalue weighted by Crippen LogP contribution is 2.22. The van der Waals surface area contributed by atoms with Crippen molar-refractivity contribution in [2.75, 3.05) is 39.3 Å². The van der Waals surface area contributed by atoms with Gasteiger partial charge in [0.1, 0.15) is 12.4 Å². The molecule has 0 amide bonds. The third kappa shape index (κ3) is 4.54. The highest BCUT2D eigenvalue weighted by Gasteiger charge is 2.08. The first kappa shape index (κ1) is 13.7. The number of methoxy groups -OCH3 is 1. The highest BCUT2D eigenvalue weighted by molar-refractivity contribution is 5.46. The normalized spacial score (nSPS) is 10.5. The molecule has 0 aromatic heterocycles. The summed E-state index contributed by atoms with van der Waals surface area (Å²) in [6.45, 7) is 1.37. The maximum Gasteiger partial charge on any atom is 0.168 e. The molecule has 0 fully saturated rings. The Labute approximate surface area is 98.3 Å². The number of halogens is 2. The maximum absolute atomic E-state index is 13.2. The SMILES string of the molecule is COCCOCCOc1cc(N)c(F)cc1F. The summed E-state index contributed by atoms with van der Waals surface area (Å²) in [4.78, 5) is 0.